The van der Waals surface area contributed by atoms with Crippen LogP contribution >= 0.6 is 0 Å². The van der Waals surface area contributed by atoms with Crippen molar-refractivity contribution in [2.24, 2.45) is 0 Å². The molecule has 0 rings (SSSR count). The van der Waals surface area contributed by atoms with Gasteiger partial charge in [0.05, 0.1) is 0 Å². The lowest BCUT2D eigenvalue weighted by Gasteiger charge is -2.23. The summed E-state index contributed by atoms with van der Waals surface area (Å²) in [7, 11) is -1.99. The van der Waals surface area contributed by atoms with Crippen molar-refractivity contribution in [1.82, 2.24) is 0 Å². The van der Waals surface area contributed by atoms with Gasteiger partial charge in [-0.1, -0.05) is 32.9 Å². The van der Waals surface area contributed by atoms with Crippen LogP contribution < -0.4 is 5.11 Å². The van der Waals surface area contributed by atoms with E-state index in [0.717, 1.165) is 23.7 Å². The van der Waals surface area contributed by atoms with Gasteiger partial charge in [-0.15, -0.1) is 0 Å². The summed E-state index contributed by atoms with van der Waals surface area (Å²) in [5, 5.41) is 21.2. The van der Waals surface area contributed by atoms with Crippen molar-refractivity contribution in [3.05, 3.63) is 28.4 Å². The molecule has 0 saturated carbocycles. The van der Waals surface area contributed by atoms with Crippen molar-refractivity contribution < 1.29 is 9.84 Å². The monoisotopic (exact) mass is 254 g/mol. The van der Waals surface area contributed by atoms with Crippen LogP contribution in [0.1, 0.15) is 27.7 Å². The predicted octanol–water partition coefficient (Wildman–Crippen LogP) is 3.01. The Balaban J connectivity index is 5.21. The Morgan fingerprint density at radius 1 is 1.29 bits per heavy atom. The highest BCUT2D eigenvalue weighted by Crippen LogP contribution is 2.30. The van der Waals surface area contributed by atoms with Gasteiger partial charge in [-0.3, -0.25) is 0 Å². The van der Waals surface area contributed by atoms with Gasteiger partial charge in [-0.25, -0.2) is 0 Å². The first-order chi connectivity index (χ1) is 7.97. The van der Waals surface area contributed by atoms with Crippen LogP contribution in [0.15, 0.2) is 23.4 Å². The summed E-state index contributed by atoms with van der Waals surface area (Å²) in [5.74, 6) is -0.493. The number of hydrogen-bond acceptors (Lipinski definition) is 3. The van der Waals surface area contributed by atoms with Gasteiger partial charge in [-0.05, 0) is 25.1 Å². The summed E-state index contributed by atoms with van der Waals surface area (Å²) in [5.41, 5.74) is 0.771. The normalized spacial score (nSPS) is 12.6. The van der Waals surface area contributed by atoms with E-state index in [-0.39, 0.29) is 11.9 Å². The van der Waals surface area contributed by atoms with Crippen LogP contribution in [0.25, 0.3) is 4.98 Å². The number of hydrogen-bond donors (Lipinski definition) is 0. The molecule has 0 aliphatic carbocycles. The average molecular weight is 254 g/mol. The van der Waals surface area contributed by atoms with E-state index in [2.05, 4.69) is 11.6 Å². The molecule has 0 aromatic heterocycles. The summed E-state index contributed by atoms with van der Waals surface area (Å²) >= 11 is 0. The first kappa shape index (κ1) is 15.7. The minimum absolute atomic E-state index is 0.180. The number of rotatable bonds is 7. The van der Waals surface area contributed by atoms with Gasteiger partial charge in [0.1, 0.15) is 5.95 Å². The fraction of sp³-hybridized carbons (Fsp3) is 0.667. The van der Waals surface area contributed by atoms with Crippen LogP contribution in [0.3, 0.4) is 0 Å². The van der Waals surface area contributed by atoms with Crippen LogP contribution in [0.5, 0.6) is 0 Å². The molecule has 0 aliphatic rings. The van der Waals surface area contributed by atoms with Gasteiger partial charge in [0.25, 0.3) is 0 Å². The van der Waals surface area contributed by atoms with Crippen LogP contribution in [0, 0.1) is 5.39 Å². The smallest absolute Gasteiger partial charge is 0.348 e. The predicted molar refractivity (Wildman–Crippen MR) is 70.1 cm³/mol. The standard InChI is InChI=1S/C12H22N2O2Si/c1-6-17(7-2,8-3)11(14-13)12(15)16-9-10(4)5/h4,6-9H2,1-3,5H3. The van der Waals surface area contributed by atoms with E-state index in [0.29, 0.717) is 0 Å². The lowest BCUT2D eigenvalue weighted by atomic mass is 10.4. The molecule has 0 N–H and O–H groups in total. The SMILES string of the molecule is C=C(C)COC([O-])=C([N+]#N)[Si](CC)(CC)CC. The molecule has 0 aliphatic heterocycles. The molecule has 0 aromatic rings. The molecule has 0 aromatic carbocycles. The molecule has 17 heavy (non-hydrogen) atoms. The van der Waals surface area contributed by atoms with E-state index in [1.54, 1.807) is 6.92 Å². The molecule has 0 atom stereocenters. The summed E-state index contributed by atoms with van der Waals surface area (Å²) in [4.78, 5) is 3.23. The number of diazo groups is 1. The van der Waals surface area contributed by atoms with E-state index in [1.165, 1.54) is 0 Å². The molecule has 0 amide bonds. The van der Waals surface area contributed by atoms with Crippen molar-refractivity contribution in [3.8, 4) is 0 Å². The second-order valence-corrected chi connectivity index (χ2v) is 9.48. The van der Waals surface area contributed by atoms with Crippen molar-refractivity contribution in [1.29, 1.82) is 5.39 Å². The highest BCUT2D eigenvalue weighted by molar-refractivity contribution is 6.86. The summed E-state index contributed by atoms with van der Waals surface area (Å²) in [6.45, 7) is 11.7. The van der Waals surface area contributed by atoms with E-state index < -0.39 is 14.0 Å². The molecular formula is C12H22N2O2Si. The molecule has 0 spiro atoms. The lowest BCUT2D eigenvalue weighted by molar-refractivity contribution is -0.356. The Bertz CT molecular complexity index is 333. The zero-order valence-corrected chi connectivity index (χ0v) is 12.2. The third kappa shape index (κ3) is 3.90. The first-order valence-corrected chi connectivity index (χ1v) is 8.63. The third-order valence-electron chi connectivity index (χ3n) is 3.28. The molecule has 0 fully saturated rings. The van der Waals surface area contributed by atoms with Gasteiger partial charge in [0.2, 0.25) is 13.5 Å². The van der Waals surface area contributed by atoms with Gasteiger partial charge in [0, 0.05) is 6.61 Å². The molecule has 0 heterocycles. The number of nitrogens with zero attached hydrogens (tertiary/aromatic N) is 2. The highest BCUT2D eigenvalue weighted by atomic mass is 28.3. The Labute approximate surface area is 105 Å². The minimum Gasteiger partial charge on any atom is -0.604 e. The molecule has 0 radical (unpaired) electrons. The summed E-state index contributed by atoms with van der Waals surface area (Å²) in [6, 6.07) is 2.63. The second-order valence-electron chi connectivity index (χ2n) is 4.32. The van der Waals surface area contributed by atoms with E-state index in [9.17, 15) is 5.11 Å². The van der Waals surface area contributed by atoms with Crippen LogP contribution in [-0.4, -0.2) is 14.7 Å². The largest absolute Gasteiger partial charge is 0.604 e. The third-order valence-corrected chi connectivity index (χ3v) is 8.65. The molecule has 0 saturated heterocycles. The zero-order valence-electron chi connectivity index (χ0n) is 11.2. The molecule has 0 bridgehead atoms. The Morgan fingerprint density at radius 3 is 2.06 bits per heavy atom. The Kier molecular flexibility index (Phi) is 6.59. The Hall–Kier alpha value is -1.28. The van der Waals surface area contributed by atoms with Gasteiger partial charge >= 0.3 is 5.32 Å². The fourth-order valence-electron chi connectivity index (χ4n) is 1.87. The topological polar surface area (TPSA) is 60.4 Å². The maximum atomic E-state index is 11.9. The van der Waals surface area contributed by atoms with Crippen LogP contribution in [0.2, 0.25) is 18.1 Å². The maximum absolute atomic E-state index is 11.9. The van der Waals surface area contributed by atoms with Gasteiger partial charge < -0.3 is 9.84 Å². The molecule has 5 heteroatoms. The van der Waals surface area contributed by atoms with Crippen LogP contribution in [-0.2, 0) is 4.74 Å². The molecule has 96 valence electrons. The molecule has 4 nitrogen and oxygen atoms in total. The van der Waals surface area contributed by atoms with Crippen LogP contribution in [0.4, 0.5) is 0 Å². The van der Waals surface area contributed by atoms with Gasteiger partial charge in [0.15, 0.2) is 4.98 Å². The fourth-order valence-corrected chi connectivity index (χ4v) is 5.09. The molecule has 0 unspecified atom stereocenters. The highest BCUT2D eigenvalue weighted by Gasteiger charge is 2.43. The average Bonchev–Trinajstić information content (AvgIpc) is 2.33. The number of ether oxygens (including phenoxy) is 1. The lowest BCUT2D eigenvalue weighted by Crippen LogP contribution is -2.36. The van der Waals surface area contributed by atoms with Gasteiger partial charge in [-0.2, -0.15) is 0 Å². The zero-order chi connectivity index (χ0) is 13.5. The quantitative estimate of drug-likeness (QED) is 0.304. The van der Waals surface area contributed by atoms with Crippen molar-refractivity contribution in [3.63, 3.8) is 0 Å². The second kappa shape index (κ2) is 7.12. The summed E-state index contributed by atoms with van der Waals surface area (Å²) < 4.78 is 5.07. The minimum atomic E-state index is -1.99. The summed E-state index contributed by atoms with van der Waals surface area (Å²) in [6.07, 6.45) is 0. The van der Waals surface area contributed by atoms with Crippen molar-refractivity contribution in [2.45, 2.75) is 45.8 Å². The Morgan fingerprint density at radius 2 is 1.76 bits per heavy atom. The van der Waals surface area contributed by atoms with E-state index >= 15 is 0 Å². The van der Waals surface area contributed by atoms with E-state index in [1.807, 2.05) is 20.8 Å². The van der Waals surface area contributed by atoms with Crippen molar-refractivity contribution >= 4 is 8.07 Å². The molecular weight excluding hydrogens is 232 g/mol. The maximum Gasteiger partial charge on any atom is 0.348 e. The van der Waals surface area contributed by atoms with Crippen molar-refractivity contribution in [2.75, 3.05) is 6.61 Å². The first-order valence-electron chi connectivity index (χ1n) is 6.01. The van der Waals surface area contributed by atoms with E-state index in [4.69, 9.17) is 10.1 Å².